The van der Waals surface area contributed by atoms with Crippen LogP contribution in [-0.2, 0) is 6.42 Å². The van der Waals surface area contributed by atoms with Crippen LogP contribution in [0.4, 0.5) is 0 Å². The summed E-state index contributed by atoms with van der Waals surface area (Å²) in [5.74, 6) is 0. The van der Waals surface area contributed by atoms with Crippen LogP contribution in [0.25, 0.3) is 6.08 Å². The van der Waals surface area contributed by atoms with Crippen LogP contribution >= 0.6 is 12.4 Å². The van der Waals surface area contributed by atoms with Gasteiger partial charge in [-0.05, 0) is 30.4 Å². The van der Waals surface area contributed by atoms with Crippen LogP contribution in [0.15, 0.2) is 30.8 Å². The third kappa shape index (κ3) is 15.2. The van der Waals surface area contributed by atoms with Crippen molar-refractivity contribution in [3.05, 3.63) is 42.0 Å². The highest BCUT2D eigenvalue weighted by Crippen LogP contribution is 2.14. The van der Waals surface area contributed by atoms with Crippen LogP contribution in [0.1, 0.15) is 114 Å². The van der Waals surface area contributed by atoms with Gasteiger partial charge in [-0.3, -0.25) is 0 Å². The van der Waals surface area contributed by atoms with E-state index in [9.17, 15) is 0 Å². The van der Waals surface area contributed by atoms with Gasteiger partial charge < -0.3 is 5.73 Å². The van der Waals surface area contributed by atoms with Gasteiger partial charge in [0.25, 0.3) is 0 Å². The lowest BCUT2D eigenvalue weighted by Gasteiger charge is -2.11. The number of benzene rings is 1. The second-order valence-electron chi connectivity index (χ2n) is 8.28. The van der Waals surface area contributed by atoms with Gasteiger partial charge >= 0.3 is 0 Å². The molecular weight excluding hydrogens is 362 g/mol. The molecule has 2 heteroatoms. The molecule has 162 valence electrons. The second kappa shape index (κ2) is 19.5. The molecule has 0 aliphatic heterocycles. The van der Waals surface area contributed by atoms with Crippen molar-refractivity contribution in [3.63, 3.8) is 0 Å². The van der Waals surface area contributed by atoms with Crippen molar-refractivity contribution in [3.8, 4) is 0 Å². The molecule has 0 heterocycles. The van der Waals surface area contributed by atoms with E-state index in [1.54, 1.807) is 0 Å². The Bertz CT molecular complexity index is 454. The summed E-state index contributed by atoms with van der Waals surface area (Å²) in [6.45, 7) is 6.09. The molecule has 28 heavy (non-hydrogen) atoms. The zero-order valence-corrected chi connectivity index (χ0v) is 19.3. The molecule has 1 aromatic rings. The molecule has 0 bridgehead atoms. The van der Waals surface area contributed by atoms with Crippen LogP contribution in [0, 0.1) is 0 Å². The topological polar surface area (TPSA) is 26.0 Å². The molecule has 1 aromatic carbocycles. The minimum absolute atomic E-state index is 0. The van der Waals surface area contributed by atoms with E-state index in [4.69, 9.17) is 5.73 Å². The molecule has 2 N–H and O–H groups in total. The first-order valence-corrected chi connectivity index (χ1v) is 11.7. The summed E-state index contributed by atoms with van der Waals surface area (Å²) in [4.78, 5) is 0. The fourth-order valence-electron chi connectivity index (χ4n) is 3.74. The van der Waals surface area contributed by atoms with E-state index >= 15 is 0 Å². The lowest BCUT2D eigenvalue weighted by Crippen LogP contribution is -2.20. The Morgan fingerprint density at radius 2 is 1.21 bits per heavy atom. The Morgan fingerprint density at radius 3 is 1.68 bits per heavy atom. The molecule has 1 nitrogen and oxygen atoms in total. The number of halogens is 1. The van der Waals surface area contributed by atoms with Gasteiger partial charge in [-0.2, -0.15) is 0 Å². The average molecular weight is 408 g/mol. The molecule has 0 fully saturated rings. The molecule has 1 unspecified atom stereocenters. The maximum Gasteiger partial charge on any atom is 0.00419 e. The van der Waals surface area contributed by atoms with E-state index in [1.165, 1.54) is 101 Å². The summed E-state index contributed by atoms with van der Waals surface area (Å²) >= 11 is 0. The summed E-state index contributed by atoms with van der Waals surface area (Å²) in [5.41, 5.74) is 8.88. The number of hydrogen-bond donors (Lipinski definition) is 1. The maximum atomic E-state index is 6.30. The van der Waals surface area contributed by atoms with E-state index in [-0.39, 0.29) is 12.4 Å². The van der Waals surface area contributed by atoms with Crippen molar-refractivity contribution < 1.29 is 0 Å². The van der Waals surface area contributed by atoms with Gasteiger partial charge in [-0.25, -0.2) is 0 Å². The van der Waals surface area contributed by atoms with Crippen LogP contribution in [-0.4, -0.2) is 6.04 Å². The Hall–Kier alpha value is -0.790. The van der Waals surface area contributed by atoms with E-state index < -0.39 is 0 Å². The summed E-state index contributed by atoms with van der Waals surface area (Å²) in [7, 11) is 0. The minimum Gasteiger partial charge on any atom is -0.328 e. The van der Waals surface area contributed by atoms with E-state index in [0.29, 0.717) is 6.04 Å². The van der Waals surface area contributed by atoms with E-state index in [2.05, 4.69) is 37.8 Å². The van der Waals surface area contributed by atoms with Crippen molar-refractivity contribution in [1.29, 1.82) is 0 Å². The first-order valence-electron chi connectivity index (χ1n) is 11.7. The molecule has 0 aromatic heterocycles. The zero-order valence-electron chi connectivity index (χ0n) is 18.5. The van der Waals surface area contributed by atoms with Gasteiger partial charge in [-0.15, -0.1) is 12.4 Å². The number of nitrogens with two attached hydrogens (primary N) is 1. The van der Waals surface area contributed by atoms with Crippen LogP contribution in [0.3, 0.4) is 0 Å². The quantitative estimate of drug-likeness (QED) is 0.242. The van der Waals surface area contributed by atoms with Crippen molar-refractivity contribution in [1.82, 2.24) is 0 Å². The van der Waals surface area contributed by atoms with Crippen molar-refractivity contribution in [2.24, 2.45) is 5.73 Å². The van der Waals surface area contributed by atoms with Crippen LogP contribution in [0.2, 0.25) is 0 Å². The Labute approximate surface area is 182 Å². The van der Waals surface area contributed by atoms with Gasteiger partial charge in [0, 0.05) is 6.04 Å². The van der Waals surface area contributed by atoms with Gasteiger partial charge in [0.2, 0.25) is 0 Å². The standard InChI is InChI=1S/C26H45N.ClH/c1-3-5-6-7-8-9-10-11-12-13-14-15-16-17-26(27)23-22-25-20-18-24(4-2)19-21-25;/h4,18-21,26H,2-3,5-17,22-23,27H2,1H3;1H. The number of rotatable bonds is 18. The SMILES string of the molecule is C=Cc1ccc(CCC(N)CCCCCCCCCCCCCCC)cc1.Cl. The second-order valence-corrected chi connectivity index (χ2v) is 8.28. The van der Waals surface area contributed by atoms with Gasteiger partial charge in [-0.1, -0.05) is 127 Å². The number of hydrogen-bond acceptors (Lipinski definition) is 1. The van der Waals surface area contributed by atoms with Crippen LogP contribution < -0.4 is 5.73 Å². The first-order chi connectivity index (χ1) is 13.3. The summed E-state index contributed by atoms with van der Waals surface area (Å²) in [5, 5.41) is 0. The van der Waals surface area contributed by atoms with Gasteiger partial charge in [0.05, 0.1) is 0 Å². The Morgan fingerprint density at radius 1 is 0.750 bits per heavy atom. The minimum atomic E-state index is 0. The predicted molar refractivity (Wildman–Crippen MR) is 130 cm³/mol. The summed E-state index contributed by atoms with van der Waals surface area (Å²) in [6.07, 6.45) is 23.7. The number of unbranched alkanes of at least 4 members (excludes halogenated alkanes) is 12. The summed E-state index contributed by atoms with van der Waals surface area (Å²) in [6, 6.07) is 9.04. The first kappa shape index (κ1) is 27.2. The van der Waals surface area contributed by atoms with Crippen molar-refractivity contribution in [2.75, 3.05) is 0 Å². The molecule has 0 amide bonds. The van der Waals surface area contributed by atoms with Gasteiger partial charge in [0.1, 0.15) is 0 Å². The van der Waals surface area contributed by atoms with Gasteiger partial charge in [0.15, 0.2) is 0 Å². The lowest BCUT2D eigenvalue weighted by atomic mass is 9.99. The number of aryl methyl sites for hydroxylation is 1. The highest BCUT2D eigenvalue weighted by atomic mass is 35.5. The Balaban J connectivity index is 0.00000729. The molecule has 1 rings (SSSR count). The average Bonchev–Trinajstić information content (AvgIpc) is 2.70. The molecule has 0 radical (unpaired) electrons. The molecule has 0 spiro atoms. The fraction of sp³-hybridized carbons (Fsp3) is 0.692. The Kier molecular flexibility index (Phi) is 19.0. The molecule has 0 saturated heterocycles. The molecule has 0 aliphatic carbocycles. The highest BCUT2D eigenvalue weighted by molar-refractivity contribution is 5.85. The van der Waals surface area contributed by atoms with Crippen molar-refractivity contribution >= 4 is 18.5 Å². The lowest BCUT2D eigenvalue weighted by molar-refractivity contribution is 0.503. The van der Waals surface area contributed by atoms with Crippen molar-refractivity contribution in [2.45, 2.75) is 116 Å². The molecule has 0 aliphatic rings. The largest absolute Gasteiger partial charge is 0.328 e. The molecule has 1 atom stereocenters. The molecular formula is C26H46ClN. The normalized spacial score (nSPS) is 11.8. The maximum absolute atomic E-state index is 6.30. The van der Waals surface area contributed by atoms with Crippen LogP contribution in [0.5, 0.6) is 0 Å². The van der Waals surface area contributed by atoms with E-state index in [0.717, 1.165) is 12.8 Å². The van der Waals surface area contributed by atoms with E-state index in [1.807, 2.05) is 6.08 Å². The smallest absolute Gasteiger partial charge is 0.00419 e. The highest BCUT2D eigenvalue weighted by Gasteiger charge is 2.03. The zero-order chi connectivity index (χ0) is 19.6. The summed E-state index contributed by atoms with van der Waals surface area (Å²) < 4.78 is 0. The monoisotopic (exact) mass is 407 g/mol. The third-order valence-corrected chi connectivity index (χ3v) is 5.70. The third-order valence-electron chi connectivity index (χ3n) is 5.70. The fourth-order valence-corrected chi connectivity index (χ4v) is 3.74. The predicted octanol–water partition coefficient (Wildman–Crippen LogP) is 8.49. The molecule has 0 saturated carbocycles.